The maximum atomic E-state index is 4.62. The molecule has 39 heavy (non-hydrogen) atoms. The molecule has 2 aliphatic heterocycles. The van der Waals surface area contributed by atoms with Crippen molar-refractivity contribution in [3.63, 3.8) is 0 Å². The van der Waals surface area contributed by atoms with E-state index in [0.29, 0.717) is 0 Å². The Morgan fingerprint density at radius 1 is 0.487 bits per heavy atom. The summed E-state index contributed by atoms with van der Waals surface area (Å²) in [5.41, 5.74) is 7.86. The molecule has 2 N–H and O–H groups in total. The van der Waals surface area contributed by atoms with Gasteiger partial charge in [0.2, 0.25) is 0 Å². The SMILES string of the molecule is C1=Cc2cc3ccc(cc4ccc(cc5nc(cc1n2)C=C5)[nH]4)[nH]3.[Mn].[c-]1cc2ccccc2c2ccccc12. The Bertz CT molecular complexity index is 1900. The van der Waals surface area contributed by atoms with Crippen molar-refractivity contribution in [2.75, 3.05) is 0 Å². The van der Waals surface area contributed by atoms with Crippen LogP contribution in [0, 0.1) is 6.07 Å². The number of fused-ring (bicyclic) bond motifs is 11. The Morgan fingerprint density at radius 3 is 1.59 bits per heavy atom. The Labute approximate surface area is 236 Å². The molecule has 2 aliphatic rings. The molecule has 0 atom stereocenters. The number of aromatic nitrogens is 4. The maximum absolute atomic E-state index is 4.62. The van der Waals surface area contributed by atoms with Gasteiger partial charge < -0.3 is 9.97 Å². The van der Waals surface area contributed by atoms with Crippen molar-refractivity contribution >= 4 is 67.9 Å². The van der Waals surface area contributed by atoms with Crippen molar-refractivity contribution < 1.29 is 17.1 Å². The third-order valence-electron chi connectivity index (χ3n) is 6.60. The first-order valence-corrected chi connectivity index (χ1v) is 12.6. The summed E-state index contributed by atoms with van der Waals surface area (Å²) in [6.07, 6.45) is 8.05. The number of rotatable bonds is 0. The molecule has 5 heterocycles. The van der Waals surface area contributed by atoms with Gasteiger partial charge in [-0.05, 0) is 72.8 Å². The molecule has 0 aliphatic carbocycles. The summed E-state index contributed by atoms with van der Waals surface area (Å²) in [5.74, 6) is 0. The van der Waals surface area contributed by atoms with E-state index in [4.69, 9.17) is 0 Å². The Hall–Kier alpha value is -4.70. The van der Waals surface area contributed by atoms with Crippen LogP contribution in [0.1, 0.15) is 22.8 Å². The predicted octanol–water partition coefficient (Wildman–Crippen LogP) is 8.45. The summed E-state index contributed by atoms with van der Waals surface area (Å²) in [5, 5.41) is 5.03. The van der Waals surface area contributed by atoms with Crippen LogP contribution in [0.2, 0.25) is 0 Å². The van der Waals surface area contributed by atoms with Crippen molar-refractivity contribution in [2.24, 2.45) is 0 Å². The molecule has 3 aromatic heterocycles. The van der Waals surface area contributed by atoms with E-state index >= 15 is 0 Å². The monoisotopic (exact) mass is 542 g/mol. The number of hydrogen-bond acceptors (Lipinski definition) is 2. The van der Waals surface area contributed by atoms with Gasteiger partial charge in [0.25, 0.3) is 0 Å². The zero-order valence-corrected chi connectivity index (χ0v) is 22.1. The third kappa shape index (κ3) is 5.32. The van der Waals surface area contributed by atoms with Crippen LogP contribution in [0.25, 0.3) is 67.9 Å². The molecule has 5 heteroatoms. The smallest absolute Gasteiger partial charge is 0.0659 e. The third-order valence-corrected chi connectivity index (χ3v) is 6.60. The fraction of sp³-hybridized carbons (Fsp3) is 0. The van der Waals surface area contributed by atoms with Crippen LogP contribution in [0.4, 0.5) is 0 Å². The van der Waals surface area contributed by atoms with E-state index in [9.17, 15) is 0 Å². The van der Waals surface area contributed by atoms with Gasteiger partial charge in [-0.25, -0.2) is 9.97 Å². The predicted molar refractivity (Wildman–Crippen MR) is 159 cm³/mol. The fourth-order valence-electron chi connectivity index (χ4n) is 4.81. The zero-order valence-electron chi connectivity index (χ0n) is 20.9. The number of aromatic amines is 2. The van der Waals surface area contributed by atoms with Crippen LogP contribution in [0.15, 0.2) is 103 Å². The van der Waals surface area contributed by atoms with Gasteiger partial charge in [-0.1, -0.05) is 47.2 Å². The summed E-state index contributed by atoms with van der Waals surface area (Å²) in [6, 6.07) is 38.5. The normalized spacial score (nSPS) is 11.7. The van der Waals surface area contributed by atoms with Crippen LogP contribution in [-0.4, -0.2) is 19.9 Å². The van der Waals surface area contributed by atoms with Crippen molar-refractivity contribution in [3.8, 4) is 0 Å². The summed E-state index contributed by atoms with van der Waals surface area (Å²) in [6.45, 7) is 0. The van der Waals surface area contributed by atoms with Crippen LogP contribution >= 0.6 is 0 Å². The number of nitrogens with one attached hydrogen (secondary N) is 2. The van der Waals surface area contributed by atoms with Gasteiger partial charge in [0, 0.05) is 39.1 Å². The van der Waals surface area contributed by atoms with Crippen LogP contribution in [-0.2, 0) is 17.1 Å². The molecular weight excluding hydrogens is 519 g/mol. The minimum Gasteiger partial charge on any atom is -0.355 e. The number of hydrogen-bond donors (Lipinski definition) is 2. The van der Waals surface area contributed by atoms with E-state index in [1.807, 2.05) is 48.6 Å². The van der Waals surface area contributed by atoms with Crippen LogP contribution < -0.4 is 0 Å². The van der Waals surface area contributed by atoms with E-state index in [1.165, 1.54) is 21.5 Å². The first-order chi connectivity index (χ1) is 18.7. The van der Waals surface area contributed by atoms with E-state index in [2.05, 4.69) is 105 Å². The number of H-pyrrole nitrogens is 2. The molecule has 3 aromatic carbocycles. The first-order valence-electron chi connectivity index (χ1n) is 12.6. The quantitative estimate of drug-likeness (QED) is 0.115. The second kappa shape index (κ2) is 10.6. The zero-order chi connectivity index (χ0) is 25.3. The van der Waals surface area contributed by atoms with Crippen molar-refractivity contribution in [1.29, 1.82) is 0 Å². The molecule has 187 valence electrons. The average Bonchev–Trinajstić information content (AvgIpc) is 3.76. The topological polar surface area (TPSA) is 57.4 Å². The van der Waals surface area contributed by atoms with Crippen molar-refractivity contribution in [2.45, 2.75) is 0 Å². The Kier molecular flexibility index (Phi) is 6.68. The first kappa shape index (κ1) is 24.6. The molecule has 0 amide bonds. The molecule has 0 unspecified atom stereocenters. The van der Waals surface area contributed by atoms with Gasteiger partial charge in [-0.15, -0.1) is 35.0 Å². The fourth-order valence-corrected chi connectivity index (χ4v) is 4.81. The molecule has 8 bridgehead atoms. The van der Waals surface area contributed by atoms with E-state index < -0.39 is 0 Å². The molecule has 8 rings (SSSR count). The maximum Gasteiger partial charge on any atom is 0.0659 e. The Balaban J connectivity index is 0.000000158. The molecule has 0 saturated carbocycles. The molecule has 6 aromatic rings. The van der Waals surface area contributed by atoms with Gasteiger partial charge in [0.15, 0.2) is 0 Å². The summed E-state index contributed by atoms with van der Waals surface area (Å²) in [4.78, 5) is 16.0. The van der Waals surface area contributed by atoms with E-state index in [1.54, 1.807) is 0 Å². The Morgan fingerprint density at radius 2 is 0.974 bits per heavy atom. The van der Waals surface area contributed by atoms with Gasteiger partial charge in [-0.2, -0.15) is 0 Å². The van der Waals surface area contributed by atoms with Gasteiger partial charge in [0.05, 0.1) is 22.8 Å². The van der Waals surface area contributed by atoms with Gasteiger partial charge in [0.1, 0.15) is 0 Å². The molecule has 0 spiro atoms. The van der Waals surface area contributed by atoms with Gasteiger partial charge >= 0.3 is 0 Å². The molecule has 4 nitrogen and oxygen atoms in total. The summed E-state index contributed by atoms with van der Waals surface area (Å²) in [7, 11) is 0. The number of nitrogens with zero attached hydrogens (tertiary/aromatic N) is 2. The largest absolute Gasteiger partial charge is 0.355 e. The van der Waals surface area contributed by atoms with Crippen LogP contribution in [0.3, 0.4) is 0 Å². The minimum absolute atomic E-state index is 0. The van der Waals surface area contributed by atoms with E-state index in [-0.39, 0.29) is 17.1 Å². The molecule has 0 fully saturated rings. The van der Waals surface area contributed by atoms with Gasteiger partial charge in [-0.3, -0.25) is 0 Å². The summed E-state index contributed by atoms with van der Waals surface area (Å²) < 4.78 is 0. The summed E-state index contributed by atoms with van der Waals surface area (Å²) >= 11 is 0. The number of benzene rings is 3. The van der Waals surface area contributed by atoms with Crippen molar-refractivity contribution in [3.05, 3.63) is 132 Å². The average molecular weight is 543 g/mol. The molecular formula is C34H23MnN4-. The standard InChI is InChI=1S/C20H14N4.C14H9.Mn/c1-2-14-10-16-5-6-18(23-16)12-20-8-7-19(24-20)11-17-4-3-15(22-17)9-13(1)21-14;1-3-7-13-11(5-1)9-10-12-6-2-4-8-14(12)13;/h1-12,21-22H;1-9H;/q;-1;. The van der Waals surface area contributed by atoms with Crippen LogP contribution in [0.5, 0.6) is 0 Å². The minimum atomic E-state index is 0. The van der Waals surface area contributed by atoms with Crippen molar-refractivity contribution in [1.82, 2.24) is 19.9 Å². The molecule has 0 saturated heterocycles. The second-order valence-electron chi connectivity index (χ2n) is 9.33. The molecule has 1 radical (unpaired) electrons. The second-order valence-corrected chi connectivity index (χ2v) is 9.33. The van der Waals surface area contributed by atoms with E-state index in [0.717, 1.165) is 44.8 Å².